The fraction of sp³-hybridized carbons (Fsp3) is 0.769. The van der Waals surface area contributed by atoms with Crippen LogP contribution < -0.4 is 0 Å². The van der Waals surface area contributed by atoms with Gasteiger partial charge in [-0.15, -0.1) is 0 Å². The van der Waals surface area contributed by atoms with Crippen LogP contribution in [0.4, 0.5) is 0 Å². The number of hydrogen-bond acceptors (Lipinski definition) is 2. The molecule has 1 aliphatic carbocycles. The van der Waals surface area contributed by atoms with Gasteiger partial charge in [-0.1, -0.05) is 0 Å². The SMILES string of the molecule is CC1c2nn(C3CC3)cc2CN1C(C)(C)C. The van der Waals surface area contributed by atoms with Crippen molar-refractivity contribution in [2.75, 3.05) is 0 Å². The highest BCUT2D eigenvalue weighted by Gasteiger charge is 2.37. The van der Waals surface area contributed by atoms with E-state index < -0.39 is 0 Å². The Kier molecular flexibility index (Phi) is 2.00. The molecule has 0 N–H and O–H groups in total. The molecule has 1 atom stereocenters. The van der Waals surface area contributed by atoms with Crippen LogP contribution in [-0.2, 0) is 6.54 Å². The summed E-state index contributed by atoms with van der Waals surface area (Å²) in [5.41, 5.74) is 2.98. The van der Waals surface area contributed by atoms with E-state index in [1.165, 1.54) is 24.1 Å². The molecule has 2 heterocycles. The standard InChI is InChI=1S/C13H21N3/c1-9-12-10(7-15(9)13(2,3)4)8-16(14-12)11-5-6-11/h8-9,11H,5-7H2,1-4H3. The minimum atomic E-state index is 0.234. The van der Waals surface area contributed by atoms with E-state index in [1.807, 2.05) is 0 Å². The monoisotopic (exact) mass is 219 g/mol. The van der Waals surface area contributed by atoms with E-state index in [9.17, 15) is 0 Å². The molecule has 0 bridgehead atoms. The van der Waals surface area contributed by atoms with E-state index in [0.717, 1.165) is 6.54 Å². The first-order valence-electron chi connectivity index (χ1n) is 6.31. The van der Waals surface area contributed by atoms with Gasteiger partial charge in [-0.3, -0.25) is 9.58 Å². The smallest absolute Gasteiger partial charge is 0.0838 e. The van der Waals surface area contributed by atoms with Crippen LogP contribution in [0.5, 0.6) is 0 Å². The summed E-state index contributed by atoms with van der Waals surface area (Å²) in [5.74, 6) is 0. The molecule has 0 aromatic carbocycles. The quantitative estimate of drug-likeness (QED) is 0.724. The maximum absolute atomic E-state index is 4.77. The van der Waals surface area contributed by atoms with Gasteiger partial charge in [-0.25, -0.2) is 0 Å². The Morgan fingerprint density at radius 1 is 1.31 bits per heavy atom. The molecule has 1 unspecified atom stereocenters. The van der Waals surface area contributed by atoms with Crippen LogP contribution in [-0.4, -0.2) is 20.2 Å². The van der Waals surface area contributed by atoms with Crippen LogP contribution in [0.1, 0.15) is 63.9 Å². The molecule has 3 rings (SSSR count). The number of nitrogens with zero attached hydrogens (tertiary/aromatic N) is 3. The third-order valence-corrected chi connectivity index (χ3v) is 3.83. The van der Waals surface area contributed by atoms with Gasteiger partial charge in [0.15, 0.2) is 0 Å². The molecule has 0 amide bonds. The average molecular weight is 219 g/mol. The van der Waals surface area contributed by atoms with Gasteiger partial charge in [-0.2, -0.15) is 5.10 Å². The van der Waals surface area contributed by atoms with Crippen molar-refractivity contribution in [2.24, 2.45) is 0 Å². The number of fused-ring (bicyclic) bond motifs is 1. The number of hydrogen-bond donors (Lipinski definition) is 0. The highest BCUT2D eigenvalue weighted by Crippen LogP contribution is 2.40. The van der Waals surface area contributed by atoms with Crippen LogP contribution in [0, 0.1) is 0 Å². The lowest BCUT2D eigenvalue weighted by Crippen LogP contribution is -2.39. The summed E-state index contributed by atoms with van der Waals surface area (Å²) in [6, 6.07) is 1.18. The van der Waals surface area contributed by atoms with E-state index in [2.05, 4.69) is 43.5 Å². The summed E-state index contributed by atoms with van der Waals surface area (Å²) < 4.78 is 2.20. The first kappa shape index (κ1) is 10.3. The van der Waals surface area contributed by atoms with E-state index in [-0.39, 0.29) is 5.54 Å². The van der Waals surface area contributed by atoms with Gasteiger partial charge in [0.2, 0.25) is 0 Å². The van der Waals surface area contributed by atoms with Crippen LogP contribution in [0.2, 0.25) is 0 Å². The van der Waals surface area contributed by atoms with Gasteiger partial charge in [0.25, 0.3) is 0 Å². The normalized spacial score (nSPS) is 26.1. The maximum atomic E-state index is 4.77. The van der Waals surface area contributed by atoms with Crippen molar-refractivity contribution in [1.82, 2.24) is 14.7 Å². The molecule has 1 aromatic rings. The molecule has 16 heavy (non-hydrogen) atoms. The van der Waals surface area contributed by atoms with Crippen molar-refractivity contribution in [3.8, 4) is 0 Å². The Bertz CT molecular complexity index is 409. The summed E-state index contributed by atoms with van der Waals surface area (Å²) in [6.45, 7) is 10.2. The summed E-state index contributed by atoms with van der Waals surface area (Å²) in [5, 5.41) is 4.77. The van der Waals surface area contributed by atoms with Gasteiger partial charge < -0.3 is 0 Å². The predicted molar refractivity (Wildman–Crippen MR) is 64.2 cm³/mol. The van der Waals surface area contributed by atoms with Crippen LogP contribution in [0.15, 0.2) is 6.20 Å². The largest absolute Gasteiger partial charge is 0.286 e. The molecule has 1 saturated carbocycles. The molecule has 88 valence electrons. The van der Waals surface area contributed by atoms with Crippen molar-refractivity contribution in [3.63, 3.8) is 0 Å². The fourth-order valence-electron chi connectivity index (χ4n) is 2.73. The lowest BCUT2D eigenvalue weighted by molar-refractivity contribution is 0.0972. The van der Waals surface area contributed by atoms with Crippen molar-refractivity contribution in [3.05, 3.63) is 17.5 Å². The minimum absolute atomic E-state index is 0.234. The molecular formula is C13H21N3. The highest BCUT2D eigenvalue weighted by molar-refractivity contribution is 5.26. The first-order valence-corrected chi connectivity index (χ1v) is 6.31. The molecule has 3 heteroatoms. The molecule has 1 fully saturated rings. The molecule has 3 nitrogen and oxygen atoms in total. The Balaban J connectivity index is 1.88. The zero-order valence-electron chi connectivity index (χ0n) is 10.7. The van der Waals surface area contributed by atoms with Crippen molar-refractivity contribution in [2.45, 2.75) is 64.7 Å². The molecule has 1 aromatic heterocycles. The highest BCUT2D eigenvalue weighted by atomic mass is 15.3. The molecule has 1 aliphatic heterocycles. The minimum Gasteiger partial charge on any atom is -0.286 e. The van der Waals surface area contributed by atoms with Gasteiger partial charge in [-0.05, 0) is 40.5 Å². The Labute approximate surface area is 97.4 Å². The number of rotatable bonds is 1. The predicted octanol–water partition coefficient (Wildman–Crippen LogP) is 2.89. The molecule has 0 radical (unpaired) electrons. The van der Waals surface area contributed by atoms with Gasteiger partial charge >= 0.3 is 0 Å². The van der Waals surface area contributed by atoms with E-state index >= 15 is 0 Å². The first-order chi connectivity index (χ1) is 7.47. The van der Waals surface area contributed by atoms with E-state index in [0.29, 0.717) is 12.1 Å². The third kappa shape index (κ3) is 1.49. The Morgan fingerprint density at radius 3 is 2.50 bits per heavy atom. The van der Waals surface area contributed by atoms with Crippen LogP contribution >= 0.6 is 0 Å². The van der Waals surface area contributed by atoms with Gasteiger partial charge in [0.05, 0.1) is 17.8 Å². The second-order valence-corrected chi connectivity index (χ2v) is 6.23. The zero-order valence-corrected chi connectivity index (χ0v) is 10.7. The van der Waals surface area contributed by atoms with Crippen LogP contribution in [0.25, 0.3) is 0 Å². The third-order valence-electron chi connectivity index (χ3n) is 3.83. The Morgan fingerprint density at radius 2 is 2.00 bits per heavy atom. The molecule has 2 aliphatic rings. The Hall–Kier alpha value is -0.830. The second kappa shape index (κ2) is 3.10. The van der Waals surface area contributed by atoms with E-state index in [1.54, 1.807) is 0 Å². The molecular weight excluding hydrogens is 198 g/mol. The van der Waals surface area contributed by atoms with Crippen LogP contribution in [0.3, 0.4) is 0 Å². The van der Waals surface area contributed by atoms with Crippen molar-refractivity contribution < 1.29 is 0 Å². The zero-order chi connectivity index (χ0) is 11.5. The van der Waals surface area contributed by atoms with Gasteiger partial charge in [0.1, 0.15) is 0 Å². The molecule has 0 spiro atoms. The van der Waals surface area contributed by atoms with Crippen molar-refractivity contribution >= 4 is 0 Å². The number of aromatic nitrogens is 2. The lowest BCUT2D eigenvalue weighted by atomic mass is 10.1. The summed E-state index contributed by atoms with van der Waals surface area (Å²) in [6.07, 6.45) is 4.91. The maximum Gasteiger partial charge on any atom is 0.0838 e. The summed E-state index contributed by atoms with van der Waals surface area (Å²) in [7, 11) is 0. The van der Waals surface area contributed by atoms with Crippen molar-refractivity contribution in [1.29, 1.82) is 0 Å². The van der Waals surface area contributed by atoms with Gasteiger partial charge in [0, 0.05) is 23.8 Å². The second-order valence-electron chi connectivity index (χ2n) is 6.23. The molecule has 0 saturated heterocycles. The summed E-state index contributed by atoms with van der Waals surface area (Å²) >= 11 is 0. The lowest BCUT2D eigenvalue weighted by Gasteiger charge is -2.35. The average Bonchev–Trinajstić information content (AvgIpc) is 2.85. The topological polar surface area (TPSA) is 21.1 Å². The fourth-order valence-corrected chi connectivity index (χ4v) is 2.73. The summed E-state index contributed by atoms with van der Waals surface area (Å²) in [4.78, 5) is 2.53. The van der Waals surface area contributed by atoms with E-state index in [4.69, 9.17) is 5.10 Å².